The molecule has 0 bridgehead atoms. The summed E-state index contributed by atoms with van der Waals surface area (Å²) in [5.74, 6) is 0. The molecule has 0 unspecified atom stereocenters. The van der Waals surface area contributed by atoms with Crippen LogP contribution in [0.5, 0.6) is 0 Å². The Hall–Kier alpha value is -0.250. The molecule has 62 valence electrons. The van der Waals surface area contributed by atoms with Crippen LogP contribution in [-0.2, 0) is 0 Å². The number of rotatable bonds is 2. The highest BCUT2D eigenvalue weighted by atomic mass is 19.4. The summed E-state index contributed by atoms with van der Waals surface area (Å²) in [7, 11) is 3.27. The standard InChI is InChI=1S/C6H12F3N/c1-5(10(2)3)4-6(7,8)9/h5H,4H2,1-3H3/t5-/m1/s1. The van der Waals surface area contributed by atoms with Gasteiger partial charge in [0.15, 0.2) is 0 Å². The fourth-order valence-electron chi connectivity index (χ4n) is 0.518. The van der Waals surface area contributed by atoms with Gasteiger partial charge >= 0.3 is 6.18 Å². The van der Waals surface area contributed by atoms with E-state index in [1.54, 1.807) is 25.9 Å². The molecule has 10 heavy (non-hydrogen) atoms. The van der Waals surface area contributed by atoms with Gasteiger partial charge in [-0.25, -0.2) is 0 Å². The molecule has 4 heteroatoms. The van der Waals surface area contributed by atoms with Crippen LogP contribution in [0.3, 0.4) is 0 Å². The van der Waals surface area contributed by atoms with Crippen LogP contribution in [0.25, 0.3) is 0 Å². The first kappa shape index (κ1) is 9.75. The minimum Gasteiger partial charge on any atom is -0.306 e. The maximum absolute atomic E-state index is 11.6. The summed E-state index contributed by atoms with van der Waals surface area (Å²) in [5, 5.41) is 0. The van der Waals surface area contributed by atoms with Gasteiger partial charge in [0.25, 0.3) is 0 Å². The molecule has 0 aliphatic rings. The van der Waals surface area contributed by atoms with Crippen LogP contribution in [-0.4, -0.2) is 31.2 Å². The lowest BCUT2D eigenvalue weighted by Gasteiger charge is -2.20. The monoisotopic (exact) mass is 155 g/mol. The predicted molar refractivity (Wildman–Crippen MR) is 33.8 cm³/mol. The highest BCUT2D eigenvalue weighted by Gasteiger charge is 2.30. The van der Waals surface area contributed by atoms with Gasteiger partial charge in [-0.2, -0.15) is 13.2 Å². The Morgan fingerprint density at radius 1 is 1.30 bits per heavy atom. The van der Waals surface area contributed by atoms with Crippen LogP contribution >= 0.6 is 0 Å². The molecule has 1 nitrogen and oxygen atoms in total. The lowest BCUT2D eigenvalue weighted by atomic mass is 10.2. The summed E-state index contributed by atoms with van der Waals surface area (Å²) in [4.78, 5) is 1.55. The maximum Gasteiger partial charge on any atom is 0.390 e. The van der Waals surface area contributed by atoms with Gasteiger partial charge < -0.3 is 4.90 Å². The number of hydrogen-bond donors (Lipinski definition) is 0. The Bertz CT molecular complexity index is 97.7. The van der Waals surface area contributed by atoms with Crippen molar-refractivity contribution in [3.8, 4) is 0 Å². The summed E-state index contributed by atoms with van der Waals surface area (Å²) in [6.45, 7) is 1.55. The van der Waals surface area contributed by atoms with Crippen molar-refractivity contribution in [3.63, 3.8) is 0 Å². The number of alkyl halides is 3. The van der Waals surface area contributed by atoms with E-state index in [1.165, 1.54) is 0 Å². The van der Waals surface area contributed by atoms with Crippen LogP contribution in [0.2, 0.25) is 0 Å². The van der Waals surface area contributed by atoms with Gasteiger partial charge in [0.05, 0.1) is 6.42 Å². The van der Waals surface area contributed by atoms with E-state index < -0.39 is 18.6 Å². The second kappa shape index (κ2) is 3.23. The van der Waals surface area contributed by atoms with E-state index in [2.05, 4.69) is 0 Å². The van der Waals surface area contributed by atoms with Crippen molar-refractivity contribution in [2.24, 2.45) is 0 Å². The summed E-state index contributed by atoms with van der Waals surface area (Å²) in [6, 6.07) is -0.431. The first-order chi connectivity index (χ1) is 4.33. The van der Waals surface area contributed by atoms with Gasteiger partial charge in [-0.1, -0.05) is 0 Å². The van der Waals surface area contributed by atoms with Crippen molar-refractivity contribution >= 4 is 0 Å². The van der Waals surface area contributed by atoms with Crippen molar-refractivity contribution in [2.45, 2.75) is 25.6 Å². The van der Waals surface area contributed by atoms with Gasteiger partial charge in [-0.3, -0.25) is 0 Å². The van der Waals surface area contributed by atoms with Crippen molar-refractivity contribution in [3.05, 3.63) is 0 Å². The third-order valence-corrected chi connectivity index (χ3v) is 1.41. The highest BCUT2D eigenvalue weighted by molar-refractivity contribution is 4.64. The smallest absolute Gasteiger partial charge is 0.306 e. The first-order valence-corrected chi connectivity index (χ1v) is 3.06. The van der Waals surface area contributed by atoms with E-state index in [-0.39, 0.29) is 0 Å². The van der Waals surface area contributed by atoms with Crippen LogP contribution in [0.1, 0.15) is 13.3 Å². The van der Waals surface area contributed by atoms with Crippen LogP contribution in [0.4, 0.5) is 13.2 Å². The van der Waals surface area contributed by atoms with Crippen LogP contribution in [0.15, 0.2) is 0 Å². The molecule has 0 aliphatic heterocycles. The van der Waals surface area contributed by atoms with E-state index in [4.69, 9.17) is 0 Å². The molecular weight excluding hydrogens is 143 g/mol. The number of hydrogen-bond acceptors (Lipinski definition) is 1. The van der Waals surface area contributed by atoms with Gasteiger partial charge in [-0.05, 0) is 21.0 Å². The Labute approximate surface area is 58.8 Å². The molecule has 0 rings (SSSR count). The van der Waals surface area contributed by atoms with E-state index in [9.17, 15) is 13.2 Å². The number of halogens is 3. The minimum atomic E-state index is -4.04. The van der Waals surface area contributed by atoms with E-state index in [0.29, 0.717) is 0 Å². The second-order valence-electron chi connectivity index (χ2n) is 2.63. The van der Waals surface area contributed by atoms with Crippen LogP contribution < -0.4 is 0 Å². The molecule has 0 aromatic rings. The third-order valence-electron chi connectivity index (χ3n) is 1.41. The normalized spacial score (nSPS) is 15.9. The van der Waals surface area contributed by atoms with E-state index >= 15 is 0 Å². The Morgan fingerprint density at radius 2 is 1.70 bits per heavy atom. The SMILES string of the molecule is C[C@H](CC(F)(F)F)N(C)C. The highest BCUT2D eigenvalue weighted by Crippen LogP contribution is 2.22. The molecule has 0 aliphatic carbocycles. The third kappa shape index (κ3) is 4.61. The fourth-order valence-corrected chi connectivity index (χ4v) is 0.518. The molecule has 0 spiro atoms. The van der Waals surface area contributed by atoms with E-state index in [0.717, 1.165) is 0 Å². The summed E-state index contributed by atoms with van der Waals surface area (Å²) in [6.07, 6.45) is -4.77. The summed E-state index contributed by atoms with van der Waals surface area (Å²) in [5.41, 5.74) is 0. The van der Waals surface area contributed by atoms with Gasteiger partial charge in [0.2, 0.25) is 0 Å². The molecule has 0 amide bonds. The average Bonchev–Trinajstić information content (AvgIpc) is 1.60. The predicted octanol–water partition coefficient (Wildman–Crippen LogP) is 1.89. The number of nitrogens with zero attached hydrogens (tertiary/aromatic N) is 1. The zero-order valence-corrected chi connectivity index (χ0v) is 6.37. The van der Waals surface area contributed by atoms with E-state index in [1.807, 2.05) is 0 Å². The molecule has 0 fully saturated rings. The molecule has 0 radical (unpaired) electrons. The molecule has 0 N–H and O–H groups in total. The zero-order valence-electron chi connectivity index (χ0n) is 6.37. The second-order valence-corrected chi connectivity index (χ2v) is 2.63. The van der Waals surface area contributed by atoms with Gasteiger partial charge in [-0.15, -0.1) is 0 Å². The van der Waals surface area contributed by atoms with Gasteiger partial charge in [0.1, 0.15) is 0 Å². The van der Waals surface area contributed by atoms with Crippen molar-refractivity contribution in [1.29, 1.82) is 0 Å². The van der Waals surface area contributed by atoms with Crippen molar-refractivity contribution in [2.75, 3.05) is 14.1 Å². The molecule has 0 heterocycles. The molecule has 0 aromatic heterocycles. The average molecular weight is 155 g/mol. The summed E-state index contributed by atoms with van der Waals surface area (Å²) < 4.78 is 34.9. The molecule has 0 saturated carbocycles. The quantitative estimate of drug-likeness (QED) is 0.588. The van der Waals surface area contributed by atoms with Crippen LogP contribution in [0, 0.1) is 0 Å². The fraction of sp³-hybridized carbons (Fsp3) is 1.00. The zero-order chi connectivity index (χ0) is 8.36. The Balaban J connectivity index is 3.68. The lowest BCUT2D eigenvalue weighted by molar-refractivity contribution is -0.144. The molecule has 1 atom stereocenters. The summed E-state index contributed by atoms with van der Waals surface area (Å²) >= 11 is 0. The topological polar surface area (TPSA) is 3.24 Å². The maximum atomic E-state index is 11.6. The lowest BCUT2D eigenvalue weighted by Crippen LogP contribution is -2.29. The Morgan fingerprint density at radius 3 is 1.80 bits per heavy atom. The van der Waals surface area contributed by atoms with Gasteiger partial charge in [0, 0.05) is 6.04 Å². The van der Waals surface area contributed by atoms with Crippen molar-refractivity contribution < 1.29 is 13.2 Å². The Kier molecular flexibility index (Phi) is 3.15. The molecule has 0 aromatic carbocycles. The van der Waals surface area contributed by atoms with Crippen molar-refractivity contribution in [1.82, 2.24) is 4.90 Å². The minimum absolute atomic E-state index is 0.431. The largest absolute Gasteiger partial charge is 0.390 e. The molecule has 0 saturated heterocycles. The molecular formula is C6H12F3N. The first-order valence-electron chi connectivity index (χ1n) is 3.06.